The van der Waals surface area contributed by atoms with E-state index in [1.54, 1.807) is 11.3 Å². The number of nitrogens with zero attached hydrogens (tertiary/aromatic N) is 4. The molecule has 0 aromatic carbocycles. The Morgan fingerprint density at radius 2 is 2.17 bits per heavy atom. The van der Waals surface area contributed by atoms with Crippen molar-refractivity contribution in [1.82, 2.24) is 25.4 Å². The van der Waals surface area contributed by atoms with Gasteiger partial charge in [0.25, 0.3) is 0 Å². The molecule has 1 fully saturated rings. The van der Waals surface area contributed by atoms with E-state index in [1.165, 1.54) is 37.5 Å². The highest BCUT2D eigenvalue weighted by Gasteiger charge is 2.11. The van der Waals surface area contributed by atoms with E-state index < -0.39 is 0 Å². The minimum Gasteiger partial charge on any atom is -0.356 e. The van der Waals surface area contributed by atoms with Gasteiger partial charge in [0.2, 0.25) is 0 Å². The topological polar surface area (TPSA) is 55.8 Å². The van der Waals surface area contributed by atoms with Gasteiger partial charge in [0.1, 0.15) is 5.01 Å². The van der Waals surface area contributed by atoms with Gasteiger partial charge >= 0.3 is 0 Å². The van der Waals surface area contributed by atoms with Gasteiger partial charge in [-0.15, -0.1) is 11.3 Å². The van der Waals surface area contributed by atoms with E-state index in [0.717, 1.165) is 43.4 Å². The zero-order valence-electron chi connectivity index (χ0n) is 15.3. The van der Waals surface area contributed by atoms with Crippen molar-refractivity contribution in [3.63, 3.8) is 0 Å². The van der Waals surface area contributed by atoms with Crippen molar-refractivity contribution in [3.05, 3.63) is 16.1 Å². The number of rotatable bonds is 7. The van der Waals surface area contributed by atoms with Crippen LogP contribution in [0.1, 0.15) is 29.7 Å². The average Bonchev–Trinajstić information content (AvgIpc) is 2.96. The third-order valence-corrected chi connectivity index (χ3v) is 5.48. The molecule has 0 amide bonds. The molecular weight excluding hydrogens is 320 g/mol. The normalized spacial score (nSPS) is 17.7. The van der Waals surface area contributed by atoms with Gasteiger partial charge in [-0.05, 0) is 45.9 Å². The fraction of sp³-hybridized carbons (Fsp3) is 0.765. The van der Waals surface area contributed by atoms with Gasteiger partial charge in [0.05, 0.1) is 6.54 Å². The Hall–Kier alpha value is -1.18. The fourth-order valence-corrected chi connectivity index (χ4v) is 3.61. The number of hydrogen-bond donors (Lipinski definition) is 2. The highest BCUT2D eigenvalue weighted by atomic mass is 32.1. The lowest BCUT2D eigenvalue weighted by Gasteiger charge is -2.20. The molecule has 7 heteroatoms. The van der Waals surface area contributed by atoms with Gasteiger partial charge in [-0.1, -0.05) is 6.92 Å². The third-order valence-electron chi connectivity index (χ3n) is 4.34. The Kier molecular flexibility index (Phi) is 8.49. The summed E-state index contributed by atoms with van der Waals surface area (Å²) in [6, 6.07) is 0. The molecule has 24 heavy (non-hydrogen) atoms. The first-order valence-corrected chi connectivity index (χ1v) is 9.82. The molecule has 1 saturated heterocycles. The summed E-state index contributed by atoms with van der Waals surface area (Å²) >= 11 is 1.77. The number of nitrogens with one attached hydrogen (secondary N) is 2. The van der Waals surface area contributed by atoms with Crippen LogP contribution in [0.2, 0.25) is 0 Å². The molecule has 2 N–H and O–H groups in total. The monoisotopic (exact) mass is 352 g/mol. The van der Waals surface area contributed by atoms with Crippen molar-refractivity contribution < 1.29 is 0 Å². The quantitative estimate of drug-likeness (QED) is 0.441. The van der Waals surface area contributed by atoms with Crippen LogP contribution in [0.4, 0.5) is 0 Å². The number of likely N-dealkylation sites (N-methyl/N-ethyl adjacent to an activating group) is 1. The molecule has 0 aliphatic carbocycles. The molecule has 1 aliphatic heterocycles. The van der Waals surface area contributed by atoms with Crippen molar-refractivity contribution in [1.29, 1.82) is 0 Å². The Morgan fingerprint density at radius 3 is 2.92 bits per heavy atom. The lowest BCUT2D eigenvalue weighted by molar-refractivity contribution is 0.274. The van der Waals surface area contributed by atoms with Crippen LogP contribution in [0, 0.1) is 0 Å². The first-order valence-electron chi connectivity index (χ1n) is 9.00. The summed E-state index contributed by atoms with van der Waals surface area (Å²) in [7, 11) is 4.03. The summed E-state index contributed by atoms with van der Waals surface area (Å²) in [4.78, 5) is 15.0. The maximum absolute atomic E-state index is 4.43. The van der Waals surface area contributed by atoms with Crippen LogP contribution < -0.4 is 10.6 Å². The third kappa shape index (κ3) is 6.75. The largest absolute Gasteiger partial charge is 0.356 e. The Morgan fingerprint density at radius 1 is 1.29 bits per heavy atom. The Balaban J connectivity index is 1.61. The number of aryl methyl sites for hydroxylation is 1. The van der Waals surface area contributed by atoms with Gasteiger partial charge in [0.15, 0.2) is 5.96 Å². The highest BCUT2D eigenvalue weighted by Crippen LogP contribution is 2.12. The molecule has 1 aromatic heterocycles. The first kappa shape index (κ1) is 19.1. The Labute approximate surface area is 150 Å². The minimum atomic E-state index is 0.739. The van der Waals surface area contributed by atoms with Crippen LogP contribution in [0.25, 0.3) is 0 Å². The van der Waals surface area contributed by atoms with Crippen molar-refractivity contribution in [2.24, 2.45) is 4.99 Å². The maximum Gasteiger partial charge on any atom is 0.191 e. The van der Waals surface area contributed by atoms with Gasteiger partial charge in [-0.2, -0.15) is 0 Å². The molecule has 0 radical (unpaired) electrons. The molecule has 2 heterocycles. The van der Waals surface area contributed by atoms with E-state index in [2.05, 4.69) is 44.4 Å². The second-order valence-corrected chi connectivity index (χ2v) is 7.48. The van der Waals surface area contributed by atoms with E-state index in [1.807, 2.05) is 13.2 Å². The number of hydrogen-bond acceptors (Lipinski definition) is 5. The molecule has 6 nitrogen and oxygen atoms in total. The predicted octanol–water partition coefficient (Wildman–Crippen LogP) is 1.40. The van der Waals surface area contributed by atoms with Crippen LogP contribution in [-0.4, -0.2) is 74.1 Å². The predicted molar refractivity (Wildman–Crippen MR) is 103 cm³/mol. The van der Waals surface area contributed by atoms with Gasteiger partial charge in [-0.3, -0.25) is 4.99 Å². The number of aromatic nitrogens is 1. The second-order valence-electron chi connectivity index (χ2n) is 6.28. The van der Waals surface area contributed by atoms with E-state index >= 15 is 0 Å². The van der Waals surface area contributed by atoms with Gasteiger partial charge in [-0.25, -0.2) is 4.98 Å². The number of aliphatic imine (C=N–C) groups is 1. The van der Waals surface area contributed by atoms with Crippen LogP contribution in [0.5, 0.6) is 0 Å². The molecule has 1 aliphatic rings. The molecule has 0 spiro atoms. The zero-order chi connectivity index (χ0) is 17.2. The van der Waals surface area contributed by atoms with E-state index in [0.29, 0.717) is 0 Å². The molecule has 0 unspecified atom stereocenters. The van der Waals surface area contributed by atoms with Crippen molar-refractivity contribution in [3.8, 4) is 0 Å². The zero-order valence-corrected chi connectivity index (χ0v) is 16.2. The molecule has 2 rings (SSSR count). The molecule has 0 bridgehead atoms. The van der Waals surface area contributed by atoms with E-state index in [9.17, 15) is 0 Å². The summed E-state index contributed by atoms with van der Waals surface area (Å²) in [6.45, 7) is 9.82. The SMILES string of the molecule is CCc1cnc(CNC(=NC)NCCCN2CCCN(C)CC2)s1. The fourth-order valence-electron chi connectivity index (χ4n) is 2.81. The van der Waals surface area contributed by atoms with Crippen molar-refractivity contribution in [2.75, 3.05) is 53.4 Å². The summed E-state index contributed by atoms with van der Waals surface area (Å²) < 4.78 is 0. The average molecular weight is 353 g/mol. The summed E-state index contributed by atoms with van der Waals surface area (Å²) in [5.41, 5.74) is 0. The summed E-state index contributed by atoms with van der Waals surface area (Å²) in [6.07, 6.45) is 5.44. The van der Waals surface area contributed by atoms with Gasteiger partial charge in [0, 0.05) is 37.8 Å². The minimum absolute atomic E-state index is 0.739. The smallest absolute Gasteiger partial charge is 0.191 e. The second kappa shape index (κ2) is 10.6. The maximum atomic E-state index is 4.43. The Bertz CT molecular complexity index is 501. The van der Waals surface area contributed by atoms with Crippen LogP contribution in [0.15, 0.2) is 11.2 Å². The summed E-state index contributed by atoms with van der Waals surface area (Å²) in [5.74, 6) is 0.860. The summed E-state index contributed by atoms with van der Waals surface area (Å²) in [5, 5.41) is 7.86. The van der Waals surface area contributed by atoms with Crippen LogP contribution in [-0.2, 0) is 13.0 Å². The lowest BCUT2D eigenvalue weighted by Crippen LogP contribution is -2.38. The molecule has 136 valence electrons. The molecular formula is C17H32N6S. The van der Waals surface area contributed by atoms with Crippen molar-refractivity contribution in [2.45, 2.75) is 32.7 Å². The number of thiazole rings is 1. The molecule has 0 saturated carbocycles. The highest BCUT2D eigenvalue weighted by molar-refractivity contribution is 7.11. The standard InChI is InChI=1S/C17H32N6S/c1-4-15-13-20-16(24-15)14-21-17(18-2)19-7-5-9-23-10-6-8-22(3)11-12-23/h13H,4-12,14H2,1-3H3,(H2,18,19,21). The van der Waals surface area contributed by atoms with E-state index in [-0.39, 0.29) is 0 Å². The number of guanidine groups is 1. The molecule has 0 atom stereocenters. The van der Waals surface area contributed by atoms with Gasteiger partial charge < -0.3 is 20.4 Å². The van der Waals surface area contributed by atoms with Crippen LogP contribution >= 0.6 is 11.3 Å². The molecule has 1 aromatic rings. The lowest BCUT2D eigenvalue weighted by atomic mass is 10.3. The van der Waals surface area contributed by atoms with Crippen LogP contribution in [0.3, 0.4) is 0 Å². The van der Waals surface area contributed by atoms with Crippen molar-refractivity contribution >= 4 is 17.3 Å². The first-order chi connectivity index (χ1) is 11.7. The van der Waals surface area contributed by atoms with E-state index in [4.69, 9.17) is 0 Å².